The molecule has 0 aliphatic rings. The normalized spacial score (nSPS) is 13.1. The molecule has 0 aromatic heterocycles. The molecule has 26 heavy (non-hydrogen) atoms. The number of hydrogen-bond donors (Lipinski definition) is 2. The molecule has 0 aliphatic heterocycles. The fraction of sp³-hybridized carbons (Fsp3) is 0.632. The molecule has 1 rings (SSSR count). The van der Waals surface area contributed by atoms with Crippen molar-refractivity contribution in [3.63, 3.8) is 0 Å². The number of halogens is 2. The van der Waals surface area contributed by atoms with Gasteiger partial charge in [-0.1, -0.05) is 6.07 Å². The number of benzene rings is 1. The number of unbranched alkanes of at least 4 members (excludes halogenated alkanes) is 1. The predicted molar refractivity (Wildman–Crippen MR) is 102 cm³/mol. The van der Waals surface area contributed by atoms with Crippen LogP contribution in [0.3, 0.4) is 0 Å². The summed E-state index contributed by atoms with van der Waals surface area (Å²) in [5.74, 6) is -0.451. The smallest absolute Gasteiger partial charge is 0.191 e. The maximum absolute atomic E-state index is 14.1. The number of guanidine groups is 1. The van der Waals surface area contributed by atoms with E-state index in [1.807, 2.05) is 13.8 Å². The number of ether oxygens (including phenoxy) is 1. The van der Waals surface area contributed by atoms with Gasteiger partial charge in [0.2, 0.25) is 0 Å². The van der Waals surface area contributed by atoms with Gasteiger partial charge in [0.1, 0.15) is 11.6 Å². The lowest BCUT2D eigenvalue weighted by Crippen LogP contribution is -2.38. The van der Waals surface area contributed by atoms with Crippen molar-refractivity contribution in [2.24, 2.45) is 4.99 Å². The first-order valence-corrected chi connectivity index (χ1v) is 9.21. The Labute approximate surface area is 155 Å². The van der Waals surface area contributed by atoms with Gasteiger partial charge in [-0.25, -0.2) is 8.78 Å². The van der Waals surface area contributed by atoms with Gasteiger partial charge in [-0.15, -0.1) is 0 Å². The average Bonchev–Trinajstić information content (AvgIpc) is 2.59. The summed E-state index contributed by atoms with van der Waals surface area (Å²) in [6.07, 6.45) is 1.93. The van der Waals surface area contributed by atoms with Gasteiger partial charge in [-0.2, -0.15) is 0 Å². The van der Waals surface area contributed by atoms with Gasteiger partial charge in [-0.05, 0) is 52.9 Å². The van der Waals surface area contributed by atoms with Crippen LogP contribution in [-0.2, 0) is 4.74 Å². The van der Waals surface area contributed by atoms with E-state index in [4.69, 9.17) is 4.74 Å². The van der Waals surface area contributed by atoms with Crippen molar-refractivity contribution < 1.29 is 13.5 Å². The summed E-state index contributed by atoms with van der Waals surface area (Å²) in [6.45, 7) is 7.17. The largest absolute Gasteiger partial charge is 0.382 e. The van der Waals surface area contributed by atoms with Gasteiger partial charge >= 0.3 is 0 Å². The molecule has 0 bridgehead atoms. The Kier molecular flexibility index (Phi) is 10.8. The number of aliphatic imine (C=N–C) groups is 1. The van der Waals surface area contributed by atoms with E-state index in [0.717, 1.165) is 32.6 Å². The summed E-state index contributed by atoms with van der Waals surface area (Å²) in [6, 6.07) is 3.45. The molecule has 0 fully saturated rings. The Hall–Kier alpha value is -1.73. The molecule has 0 radical (unpaired) electrons. The summed E-state index contributed by atoms with van der Waals surface area (Å²) >= 11 is 0. The van der Waals surface area contributed by atoms with E-state index >= 15 is 0 Å². The van der Waals surface area contributed by atoms with Gasteiger partial charge in [0.05, 0.1) is 12.6 Å². The monoisotopic (exact) mass is 370 g/mol. The van der Waals surface area contributed by atoms with Crippen molar-refractivity contribution in [1.82, 2.24) is 15.5 Å². The molecule has 1 aromatic rings. The van der Waals surface area contributed by atoms with Gasteiger partial charge < -0.3 is 20.3 Å². The standard InChI is InChI=1S/C19H32F2N4O/c1-5-22-19(23-12-7-8-13-26-6-2)24-14-17(25(3)4)18-15(20)10-9-11-16(18)21/h9-11,17H,5-8,12-14H2,1-4H3,(H2,22,23,24). The lowest BCUT2D eigenvalue weighted by molar-refractivity contribution is 0.143. The van der Waals surface area contributed by atoms with Crippen LogP contribution >= 0.6 is 0 Å². The first-order valence-electron chi connectivity index (χ1n) is 9.21. The Morgan fingerprint density at radius 2 is 1.85 bits per heavy atom. The number of rotatable bonds is 11. The first-order chi connectivity index (χ1) is 12.5. The van der Waals surface area contributed by atoms with Crippen LogP contribution in [0.2, 0.25) is 0 Å². The molecule has 0 spiro atoms. The zero-order valence-corrected chi connectivity index (χ0v) is 16.3. The first kappa shape index (κ1) is 22.3. The van der Waals surface area contributed by atoms with Crippen LogP contribution < -0.4 is 10.6 Å². The average molecular weight is 370 g/mol. The number of hydrogen-bond acceptors (Lipinski definition) is 3. The van der Waals surface area contributed by atoms with Crippen molar-refractivity contribution in [1.29, 1.82) is 0 Å². The highest BCUT2D eigenvalue weighted by molar-refractivity contribution is 5.79. The van der Waals surface area contributed by atoms with Crippen molar-refractivity contribution in [2.45, 2.75) is 32.7 Å². The molecule has 0 aliphatic carbocycles. The van der Waals surface area contributed by atoms with Gasteiger partial charge in [0.15, 0.2) is 5.96 Å². The third-order valence-electron chi connectivity index (χ3n) is 3.93. The van der Waals surface area contributed by atoms with Crippen LogP contribution in [0.1, 0.15) is 38.3 Å². The molecule has 148 valence electrons. The minimum Gasteiger partial charge on any atom is -0.382 e. The summed E-state index contributed by atoms with van der Waals surface area (Å²) in [5, 5.41) is 6.41. The minimum atomic E-state index is -0.548. The number of nitrogens with zero attached hydrogens (tertiary/aromatic N) is 2. The summed E-state index contributed by atoms with van der Waals surface area (Å²) in [7, 11) is 3.58. The van der Waals surface area contributed by atoms with E-state index in [9.17, 15) is 8.78 Å². The molecule has 0 heterocycles. The van der Waals surface area contributed by atoms with E-state index in [0.29, 0.717) is 12.5 Å². The van der Waals surface area contributed by atoms with Crippen molar-refractivity contribution in [3.05, 3.63) is 35.4 Å². The lowest BCUT2D eigenvalue weighted by Gasteiger charge is -2.24. The highest BCUT2D eigenvalue weighted by Crippen LogP contribution is 2.24. The predicted octanol–water partition coefficient (Wildman–Crippen LogP) is 2.94. The Bertz CT molecular complexity index is 532. The van der Waals surface area contributed by atoms with Crippen LogP contribution in [0.15, 0.2) is 23.2 Å². The third kappa shape index (κ3) is 7.66. The quantitative estimate of drug-likeness (QED) is 0.357. The summed E-state index contributed by atoms with van der Waals surface area (Å²) in [5.41, 5.74) is 0.0498. The van der Waals surface area contributed by atoms with E-state index in [1.54, 1.807) is 19.0 Å². The second-order valence-corrected chi connectivity index (χ2v) is 6.17. The minimum absolute atomic E-state index is 0.0498. The maximum atomic E-state index is 14.1. The lowest BCUT2D eigenvalue weighted by atomic mass is 10.0. The van der Waals surface area contributed by atoms with Crippen LogP contribution in [0.4, 0.5) is 8.78 Å². The molecular weight excluding hydrogens is 338 g/mol. The highest BCUT2D eigenvalue weighted by atomic mass is 19.1. The van der Waals surface area contributed by atoms with Crippen LogP contribution in [0.25, 0.3) is 0 Å². The second kappa shape index (κ2) is 12.6. The van der Waals surface area contributed by atoms with Crippen LogP contribution in [0, 0.1) is 11.6 Å². The van der Waals surface area contributed by atoms with Gasteiger partial charge in [0.25, 0.3) is 0 Å². The topological polar surface area (TPSA) is 48.9 Å². The highest BCUT2D eigenvalue weighted by Gasteiger charge is 2.22. The van der Waals surface area contributed by atoms with E-state index in [2.05, 4.69) is 15.6 Å². The molecule has 7 heteroatoms. The fourth-order valence-corrected chi connectivity index (χ4v) is 2.54. The fourth-order valence-electron chi connectivity index (χ4n) is 2.54. The van der Waals surface area contributed by atoms with E-state index < -0.39 is 17.7 Å². The molecule has 1 unspecified atom stereocenters. The second-order valence-electron chi connectivity index (χ2n) is 6.17. The Morgan fingerprint density at radius 1 is 1.15 bits per heavy atom. The molecule has 2 N–H and O–H groups in total. The Morgan fingerprint density at radius 3 is 2.42 bits per heavy atom. The number of likely N-dealkylation sites (N-methyl/N-ethyl adjacent to an activating group) is 1. The van der Waals surface area contributed by atoms with Gasteiger partial charge in [0, 0.05) is 31.9 Å². The zero-order chi connectivity index (χ0) is 19.4. The maximum Gasteiger partial charge on any atom is 0.191 e. The van der Waals surface area contributed by atoms with Crippen LogP contribution in [0.5, 0.6) is 0 Å². The molecule has 1 atom stereocenters. The molecule has 0 saturated carbocycles. The van der Waals surface area contributed by atoms with Crippen molar-refractivity contribution >= 4 is 5.96 Å². The van der Waals surface area contributed by atoms with Crippen LogP contribution in [-0.4, -0.2) is 57.8 Å². The number of nitrogens with one attached hydrogen (secondary N) is 2. The molecule has 0 amide bonds. The Balaban J connectivity index is 2.72. The SMILES string of the molecule is CCNC(=NCC(c1c(F)cccc1F)N(C)C)NCCCCOCC. The third-order valence-corrected chi connectivity index (χ3v) is 3.93. The summed E-state index contributed by atoms with van der Waals surface area (Å²) < 4.78 is 33.6. The molecule has 5 nitrogen and oxygen atoms in total. The zero-order valence-electron chi connectivity index (χ0n) is 16.3. The van der Waals surface area contributed by atoms with Crippen molar-refractivity contribution in [3.8, 4) is 0 Å². The molecule has 0 saturated heterocycles. The molecular formula is C19H32F2N4O. The van der Waals surface area contributed by atoms with E-state index in [-0.39, 0.29) is 12.1 Å². The molecule has 1 aromatic carbocycles. The summed E-state index contributed by atoms with van der Waals surface area (Å²) in [4.78, 5) is 6.29. The van der Waals surface area contributed by atoms with Gasteiger partial charge in [-0.3, -0.25) is 4.99 Å². The van der Waals surface area contributed by atoms with Crippen molar-refractivity contribution in [2.75, 3.05) is 46.9 Å². The van der Waals surface area contributed by atoms with E-state index in [1.165, 1.54) is 18.2 Å².